The second-order valence-electron chi connectivity index (χ2n) is 4.14. The Morgan fingerprint density at radius 2 is 1.89 bits per heavy atom. The van der Waals surface area contributed by atoms with Crippen molar-refractivity contribution in [2.24, 2.45) is 5.14 Å². The van der Waals surface area contributed by atoms with Crippen LogP contribution < -0.4 is 5.14 Å². The molecule has 0 aliphatic carbocycles. The van der Waals surface area contributed by atoms with Crippen LogP contribution >= 0.6 is 27.5 Å². The van der Waals surface area contributed by atoms with Crippen LogP contribution in [0.15, 0.2) is 45.8 Å². The van der Waals surface area contributed by atoms with Gasteiger partial charge >= 0.3 is 0 Å². The van der Waals surface area contributed by atoms with E-state index in [1.54, 1.807) is 30.3 Å². The molecule has 0 atom stereocenters. The lowest BCUT2D eigenvalue weighted by Gasteiger charge is -2.12. The minimum absolute atomic E-state index is 0.0619. The molecule has 0 saturated heterocycles. The molecule has 2 aromatic carbocycles. The van der Waals surface area contributed by atoms with Gasteiger partial charge in [-0.15, -0.1) is 0 Å². The van der Waals surface area contributed by atoms with E-state index in [4.69, 9.17) is 16.7 Å². The topological polar surface area (TPSA) is 60.2 Å². The minimum atomic E-state index is -3.81. The van der Waals surface area contributed by atoms with E-state index in [1.165, 1.54) is 6.07 Å². The fraction of sp³-hybridized carbons (Fsp3) is 0.0769. The highest BCUT2D eigenvalue weighted by Crippen LogP contribution is 2.38. The molecule has 100 valence electrons. The third-order valence-corrected chi connectivity index (χ3v) is 4.62. The fourth-order valence-electron chi connectivity index (χ4n) is 1.84. The number of hydrogen-bond donors (Lipinski definition) is 1. The maximum atomic E-state index is 11.7. The van der Waals surface area contributed by atoms with E-state index in [1.807, 2.05) is 6.92 Å². The molecule has 0 bridgehead atoms. The minimum Gasteiger partial charge on any atom is -0.225 e. The molecule has 0 fully saturated rings. The molecule has 0 aliphatic rings. The molecule has 19 heavy (non-hydrogen) atoms. The van der Waals surface area contributed by atoms with Crippen LogP contribution in [0.3, 0.4) is 0 Å². The van der Waals surface area contributed by atoms with Crippen molar-refractivity contribution in [1.82, 2.24) is 0 Å². The van der Waals surface area contributed by atoms with Crippen molar-refractivity contribution in [3.05, 3.63) is 51.5 Å². The highest BCUT2D eigenvalue weighted by atomic mass is 79.9. The molecule has 6 heteroatoms. The summed E-state index contributed by atoms with van der Waals surface area (Å²) in [4.78, 5) is 0.0619. The first-order valence-corrected chi connectivity index (χ1v) is 8.10. The standard InChI is InChI=1S/C13H11BrClNO2S/c1-8-5-6-12(19(16,17)18)9(7-8)13-10(14)3-2-4-11(13)15/h2-7H,1H3,(H2,16,17,18). The lowest BCUT2D eigenvalue weighted by atomic mass is 10.0. The van der Waals surface area contributed by atoms with Gasteiger partial charge in [0.15, 0.2) is 0 Å². The fourth-order valence-corrected chi connectivity index (χ4v) is 3.54. The number of nitrogens with two attached hydrogens (primary N) is 1. The van der Waals surface area contributed by atoms with Gasteiger partial charge in [-0.25, -0.2) is 13.6 Å². The van der Waals surface area contributed by atoms with Crippen molar-refractivity contribution in [2.75, 3.05) is 0 Å². The van der Waals surface area contributed by atoms with Crippen molar-refractivity contribution in [2.45, 2.75) is 11.8 Å². The highest BCUT2D eigenvalue weighted by molar-refractivity contribution is 9.10. The van der Waals surface area contributed by atoms with Gasteiger partial charge in [0.05, 0.1) is 4.90 Å². The summed E-state index contributed by atoms with van der Waals surface area (Å²) in [5.41, 5.74) is 2.05. The molecule has 0 aliphatic heterocycles. The summed E-state index contributed by atoms with van der Waals surface area (Å²) in [7, 11) is -3.81. The van der Waals surface area contributed by atoms with Crippen molar-refractivity contribution in [1.29, 1.82) is 0 Å². The first-order valence-electron chi connectivity index (χ1n) is 5.38. The Hall–Kier alpha value is -0.880. The van der Waals surface area contributed by atoms with Crippen LogP contribution in [0.1, 0.15) is 5.56 Å². The Bertz CT molecular complexity index is 724. The Labute approximate surface area is 125 Å². The molecule has 2 N–H and O–H groups in total. The molecule has 0 unspecified atom stereocenters. The lowest BCUT2D eigenvalue weighted by Crippen LogP contribution is -2.13. The Morgan fingerprint density at radius 1 is 1.21 bits per heavy atom. The molecular weight excluding hydrogens is 350 g/mol. The second-order valence-corrected chi connectivity index (χ2v) is 6.93. The first-order chi connectivity index (χ1) is 8.80. The smallest absolute Gasteiger partial charge is 0.225 e. The van der Waals surface area contributed by atoms with Crippen molar-refractivity contribution >= 4 is 37.6 Å². The van der Waals surface area contributed by atoms with E-state index in [0.717, 1.165) is 10.0 Å². The summed E-state index contributed by atoms with van der Waals surface area (Å²) < 4.78 is 24.1. The molecule has 2 rings (SSSR count). The van der Waals surface area contributed by atoms with Crippen LogP contribution in [0, 0.1) is 6.92 Å². The monoisotopic (exact) mass is 359 g/mol. The van der Waals surface area contributed by atoms with Gasteiger partial charge < -0.3 is 0 Å². The zero-order valence-corrected chi connectivity index (χ0v) is 13.2. The van der Waals surface area contributed by atoms with Gasteiger partial charge in [0.25, 0.3) is 0 Å². The van der Waals surface area contributed by atoms with E-state index in [9.17, 15) is 8.42 Å². The van der Waals surface area contributed by atoms with Gasteiger partial charge in [0, 0.05) is 20.6 Å². The van der Waals surface area contributed by atoms with Crippen LogP contribution in [-0.2, 0) is 10.0 Å². The van der Waals surface area contributed by atoms with Crippen molar-refractivity contribution < 1.29 is 8.42 Å². The Kier molecular flexibility index (Phi) is 4.01. The van der Waals surface area contributed by atoms with Crippen LogP contribution in [0.25, 0.3) is 11.1 Å². The van der Waals surface area contributed by atoms with Gasteiger partial charge in [-0.3, -0.25) is 0 Å². The average Bonchev–Trinajstić information content (AvgIpc) is 2.27. The Morgan fingerprint density at radius 3 is 2.47 bits per heavy atom. The van der Waals surface area contributed by atoms with Gasteiger partial charge in [0.1, 0.15) is 0 Å². The number of primary sulfonamides is 1. The highest BCUT2D eigenvalue weighted by Gasteiger charge is 2.18. The van der Waals surface area contributed by atoms with Crippen LogP contribution in [0.4, 0.5) is 0 Å². The van der Waals surface area contributed by atoms with Gasteiger partial charge in [0.2, 0.25) is 10.0 Å². The van der Waals surface area contributed by atoms with E-state index >= 15 is 0 Å². The van der Waals surface area contributed by atoms with Gasteiger partial charge in [-0.05, 0) is 31.2 Å². The molecule has 0 radical (unpaired) electrons. The van der Waals surface area contributed by atoms with E-state index < -0.39 is 10.0 Å². The number of hydrogen-bond acceptors (Lipinski definition) is 2. The van der Waals surface area contributed by atoms with Crippen molar-refractivity contribution in [3.63, 3.8) is 0 Å². The molecule has 0 heterocycles. The SMILES string of the molecule is Cc1ccc(S(N)(=O)=O)c(-c2c(Cl)cccc2Br)c1. The first kappa shape index (κ1) is 14.5. The maximum Gasteiger partial charge on any atom is 0.238 e. The number of aryl methyl sites for hydroxylation is 1. The zero-order chi connectivity index (χ0) is 14.2. The summed E-state index contributed by atoms with van der Waals surface area (Å²) in [6.45, 7) is 1.88. The summed E-state index contributed by atoms with van der Waals surface area (Å²) in [6, 6.07) is 10.2. The second kappa shape index (κ2) is 5.25. The van der Waals surface area contributed by atoms with E-state index in [-0.39, 0.29) is 4.90 Å². The normalized spacial score (nSPS) is 11.6. The zero-order valence-electron chi connectivity index (χ0n) is 10.0. The van der Waals surface area contributed by atoms with Crippen molar-refractivity contribution in [3.8, 4) is 11.1 Å². The number of rotatable bonds is 2. The molecule has 2 aromatic rings. The Balaban J connectivity index is 2.86. The van der Waals surface area contributed by atoms with Gasteiger partial charge in [-0.1, -0.05) is 45.2 Å². The van der Waals surface area contributed by atoms with E-state index in [2.05, 4.69) is 15.9 Å². The lowest BCUT2D eigenvalue weighted by molar-refractivity contribution is 0.598. The molecule has 0 amide bonds. The largest absolute Gasteiger partial charge is 0.238 e. The van der Waals surface area contributed by atoms with E-state index in [0.29, 0.717) is 16.1 Å². The number of sulfonamides is 1. The molecule has 3 nitrogen and oxygen atoms in total. The maximum absolute atomic E-state index is 11.7. The summed E-state index contributed by atoms with van der Waals surface area (Å²) >= 11 is 9.56. The summed E-state index contributed by atoms with van der Waals surface area (Å²) in [5, 5.41) is 5.72. The van der Waals surface area contributed by atoms with Crippen LogP contribution in [0.2, 0.25) is 5.02 Å². The summed E-state index contributed by atoms with van der Waals surface area (Å²) in [5.74, 6) is 0. The third kappa shape index (κ3) is 3.00. The third-order valence-electron chi connectivity index (χ3n) is 2.67. The number of halogens is 2. The molecule has 0 spiro atoms. The van der Waals surface area contributed by atoms with Crippen LogP contribution in [-0.4, -0.2) is 8.42 Å². The quantitative estimate of drug-likeness (QED) is 0.887. The number of benzene rings is 2. The van der Waals surface area contributed by atoms with Crippen LogP contribution in [0.5, 0.6) is 0 Å². The predicted molar refractivity (Wildman–Crippen MR) is 80.7 cm³/mol. The summed E-state index contributed by atoms with van der Waals surface area (Å²) in [6.07, 6.45) is 0. The predicted octanol–water partition coefficient (Wildman–Crippen LogP) is 3.73. The van der Waals surface area contributed by atoms with Gasteiger partial charge in [-0.2, -0.15) is 0 Å². The average molecular weight is 361 g/mol. The molecule has 0 saturated carbocycles. The molecule has 0 aromatic heterocycles. The molecular formula is C13H11BrClNO2S.